The molecule has 0 unspecified atom stereocenters. The number of benzene rings is 2. The van der Waals surface area contributed by atoms with Crippen molar-refractivity contribution in [1.82, 2.24) is 10.6 Å². The highest BCUT2D eigenvalue weighted by Crippen LogP contribution is 2.27. The summed E-state index contributed by atoms with van der Waals surface area (Å²) < 4.78 is 0. The smallest absolute Gasteiger partial charge is 0.252 e. The number of hydrogen-bond acceptors (Lipinski definition) is 3. The van der Waals surface area contributed by atoms with Crippen LogP contribution in [0.2, 0.25) is 0 Å². The summed E-state index contributed by atoms with van der Waals surface area (Å²) in [5.41, 5.74) is 1.59. The molecule has 1 aliphatic rings. The standard InChI is InChI=1S/C21H24N2O2/c1-21(11-13-22-14-12-21)15-23-20(25)18-10-6-5-9-17(18)19(24)16-7-3-2-4-8-16/h2-10,22H,11-15H2,1H3,(H,23,25). The molecule has 0 saturated carbocycles. The van der Waals surface area contributed by atoms with Gasteiger partial charge >= 0.3 is 0 Å². The summed E-state index contributed by atoms with van der Waals surface area (Å²) in [5, 5.41) is 6.38. The topological polar surface area (TPSA) is 58.2 Å². The summed E-state index contributed by atoms with van der Waals surface area (Å²) >= 11 is 0. The lowest BCUT2D eigenvalue weighted by Crippen LogP contribution is -2.43. The van der Waals surface area contributed by atoms with Crippen LogP contribution in [0.1, 0.15) is 46.0 Å². The maximum Gasteiger partial charge on any atom is 0.252 e. The molecule has 1 aliphatic heterocycles. The molecule has 2 N–H and O–H groups in total. The van der Waals surface area contributed by atoms with Gasteiger partial charge in [0.05, 0.1) is 5.56 Å². The zero-order valence-corrected chi connectivity index (χ0v) is 14.5. The van der Waals surface area contributed by atoms with Crippen LogP contribution in [0.3, 0.4) is 0 Å². The number of hydrogen-bond donors (Lipinski definition) is 2. The molecule has 2 aromatic rings. The van der Waals surface area contributed by atoms with E-state index in [2.05, 4.69) is 17.6 Å². The first-order valence-corrected chi connectivity index (χ1v) is 8.77. The monoisotopic (exact) mass is 336 g/mol. The molecule has 0 aliphatic carbocycles. The van der Waals surface area contributed by atoms with Crippen molar-refractivity contribution in [2.75, 3.05) is 19.6 Å². The van der Waals surface area contributed by atoms with Gasteiger partial charge in [0.15, 0.2) is 5.78 Å². The van der Waals surface area contributed by atoms with E-state index in [4.69, 9.17) is 0 Å². The molecule has 0 bridgehead atoms. The molecule has 4 heteroatoms. The highest BCUT2D eigenvalue weighted by molar-refractivity contribution is 6.15. The Morgan fingerprint density at radius 3 is 2.24 bits per heavy atom. The molecular weight excluding hydrogens is 312 g/mol. The van der Waals surface area contributed by atoms with Gasteiger partial charge < -0.3 is 10.6 Å². The Kier molecular flexibility index (Phi) is 5.29. The lowest BCUT2D eigenvalue weighted by molar-refractivity contribution is 0.0913. The molecule has 1 heterocycles. The van der Waals surface area contributed by atoms with Crippen LogP contribution in [0.15, 0.2) is 54.6 Å². The Morgan fingerprint density at radius 1 is 0.960 bits per heavy atom. The molecule has 0 aromatic heterocycles. The minimum atomic E-state index is -0.181. The maximum absolute atomic E-state index is 12.8. The normalized spacial score (nSPS) is 16.2. The third kappa shape index (κ3) is 4.15. The predicted octanol–water partition coefficient (Wildman–Crippen LogP) is 3.04. The predicted molar refractivity (Wildman–Crippen MR) is 98.9 cm³/mol. The lowest BCUT2D eigenvalue weighted by atomic mass is 9.81. The van der Waals surface area contributed by atoms with Gasteiger partial charge in [-0.05, 0) is 37.4 Å². The van der Waals surface area contributed by atoms with E-state index in [0.29, 0.717) is 23.2 Å². The average Bonchev–Trinajstić information content (AvgIpc) is 2.67. The molecule has 0 spiro atoms. The molecule has 1 saturated heterocycles. The van der Waals surface area contributed by atoms with Crippen molar-refractivity contribution in [3.63, 3.8) is 0 Å². The van der Waals surface area contributed by atoms with E-state index in [-0.39, 0.29) is 17.1 Å². The molecule has 130 valence electrons. The van der Waals surface area contributed by atoms with Crippen LogP contribution in [0, 0.1) is 5.41 Å². The summed E-state index contributed by atoms with van der Waals surface area (Å²) in [5.74, 6) is -0.306. The third-order valence-electron chi connectivity index (χ3n) is 4.94. The summed E-state index contributed by atoms with van der Waals surface area (Å²) in [7, 11) is 0. The van der Waals surface area contributed by atoms with Crippen molar-refractivity contribution in [2.24, 2.45) is 5.41 Å². The highest BCUT2D eigenvalue weighted by atomic mass is 16.2. The Balaban J connectivity index is 1.76. The third-order valence-corrected chi connectivity index (χ3v) is 4.94. The van der Waals surface area contributed by atoms with Gasteiger partial charge in [-0.25, -0.2) is 0 Å². The molecule has 4 nitrogen and oxygen atoms in total. The van der Waals surface area contributed by atoms with E-state index in [1.807, 2.05) is 18.2 Å². The minimum Gasteiger partial charge on any atom is -0.351 e. The number of amides is 1. The van der Waals surface area contributed by atoms with Crippen molar-refractivity contribution < 1.29 is 9.59 Å². The molecule has 1 fully saturated rings. The molecule has 0 atom stereocenters. The Labute approximate surface area is 148 Å². The van der Waals surface area contributed by atoms with Gasteiger partial charge in [0.25, 0.3) is 5.91 Å². The van der Waals surface area contributed by atoms with Crippen molar-refractivity contribution in [3.05, 3.63) is 71.3 Å². The van der Waals surface area contributed by atoms with Crippen LogP contribution in [0.4, 0.5) is 0 Å². The Morgan fingerprint density at radius 2 is 1.56 bits per heavy atom. The van der Waals surface area contributed by atoms with Gasteiger partial charge in [-0.3, -0.25) is 9.59 Å². The van der Waals surface area contributed by atoms with Crippen molar-refractivity contribution >= 4 is 11.7 Å². The fraction of sp³-hybridized carbons (Fsp3) is 0.333. The van der Waals surface area contributed by atoms with Gasteiger partial charge in [0, 0.05) is 17.7 Å². The molecule has 2 aromatic carbocycles. The number of carbonyl (C=O) groups is 2. The number of ketones is 1. The van der Waals surface area contributed by atoms with Gasteiger partial charge in [-0.1, -0.05) is 55.5 Å². The first-order chi connectivity index (χ1) is 12.1. The summed E-state index contributed by atoms with van der Waals surface area (Å²) in [6.45, 7) is 4.79. The van der Waals surface area contributed by atoms with E-state index in [0.717, 1.165) is 25.9 Å². The molecule has 25 heavy (non-hydrogen) atoms. The summed E-state index contributed by atoms with van der Waals surface area (Å²) in [6, 6.07) is 16.1. The van der Waals surface area contributed by atoms with Crippen LogP contribution in [0.25, 0.3) is 0 Å². The number of piperidine rings is 1. The molecule has 3 rings (SSSR count). The number of rotatable bonds is 5. The quantitative estimate of drug-likeness (QED) is 0.825. The Hall–Kier alpha value is -2.46. The maximum atomic E-state index is 12.8. The second-order valence-corrected chi connectivity index (χ2v) is 6.98. The summed E-state index contributed by atoms with van der Waals surface area (Å²) in [4.78, 5) is 25.5. The zero-order valence-electron chi connectivity index (χ0n) is 14.5. The van der Waals surface area contributed by atoms with E-state index in [1.54, 1.807) is 36.4 Å². The van der Waals surface area contributed by atoms with Gasteiger partial charge in [0.1, 0.15) is 0 Å². The largest absolute Gasteiger partial charge is 0.351 e. The Bertz CT molecular complexity index is 750. The lowest BCUT2D eigenvalue weighted by Gasteiger charge is -2.34. The van der Waals surface area contributed by atoms with Gasteiger partial charge in [-0.2, -0.15) is 0 Å². The van der Waals surface area contributed by atoms with E-state index in [9.17, 15) is 9.59 Å². The summed E-state index contributed by atoms with van der Waals surface area (Å²) in [6.07, 6.45) is 2.08. The van der Waals surface area contributed by atoms with Gasteiger partial charge in [0.2, 0.25) is 0 Å². The van der Waals surface area contributed by atoms with Crippen LogP contribution >= 0.6 is 0 Å². The van der Waals surface area contributed by atoms with E-state index >= 15 is 0 Å². The van der Waals surface area contributed by atoms with Crippen LogP contribution in [-0.2, 0) is 0 Å². The fourth-order valence-corrected chi connectivity index (χ4v) is 3.22. The molecule has 1 amide bonds. The van der Waals surface area contributed by atoms with Gasteiger partial charge in [-0.15, -0.1) is 0 Å². The number of carbonyl (C=O) groups excluding carboxylic acids is 2. The zero-order chi connectivity index (χ0) is 17.7. The number of nitrogens with one attached hydrogen (secondary N) is 2. The molecule has 0 radical (unpaired) electrons. The SMILES string of the molecule is CC1(CNC(=O)c2ccccc2C(=O)c2ccccc2)CCNCC1. The van der Waals surface area contributed by atoms with Crippen LogP contribution in [0.5, 0.6) is 0 Å². The van der Waals surface area contributed by atoms with Crippen LogP contribution < -0.4 is 10.6 Å². The first kappa shape index (κ1) is 17.4. The fourth-order valence-electron chi connectivity index (χ4n) is 3.22. The highest BCUT2D eigenvalue weighted by Gasteiger charge is 2.27. The van der Waals surface area contributed by atoms with Crippen molar-refractivity contribution in [2.45, 2.75) is 19.8 Å². The van der Waals surface area contributed by atoms with Crippen molar-refractivity contribution in [1.29, 1.82) is 0 Å². The molecular formula is C21H24N2O2. The van der Waals surface area contributed by atoms with Crippen LogP contribution in [-0.4, -0.2) is 31.3 Å². The minimum absolute atomic E-state index is 0.110. The second kappa shape index (κ2) is 7.62. The van der Waals surface area contributed by atoms with Crippen molar-refractivity contribution in [3.8, 4) is 0 Å². The second-order valence-electron chi connectivity index (χ2n) is 6.98. The van der Waals surface area contributed by atoms with E-state index in [1.165, 1.54) is 0 Å². The first-order valence-electron chi connectivity index (χ1n) is 8.77. The average molecular weight is 336 g/mol. The van der Waals surface area contributed by atoms with E-state index < -0.39 is 0 Å².